The van der Waals surface area contributed by atoms with E-state index in [9.17, 15) is 8.42 Å². The van der Waals surface area contributed by atoms with Gasteiger partial charge in [0, 0.05) is 17.0 Å². The van der Waals surface area contributed by atoms with E-state index in [1.807, 2.05) is 20.8 Å². The van der Waals surface area contributed by atoms with Gasteiger partial charge in [0.2, 0.25) is 10.0 Å². The molecule has 0 aliphatic rings. The molecule has 0 bridgehead atoms. The van der Waals surface area contributed by atoms with Crippen molar-refractivity contribution in [1.82, 2.24) is 10.0 Å². The fraction of sp³-hybridized carbons (Fsp3) is 0.667. The van der Waals surface area contributed by atoms with Crippen LogP contribution in [-0.4, -0.2) is 20.5 Å². The maximum atomic E-state index is 12.3. The van der Waals surface area contributed by atoms with Crippen LogP contribution in [-0.2, 0) is 16.6 Å². The van der Waals surface area contributed by atoms with Crippen LogP contribution in [0.25, 0.3) is 0 Å². The minimum atomic E-state index is -3.47. The molecule has 1 heterocycles. The Balaban J connectivity index is 2.89. The summed E-state index contributed by atoms with van der Waals surface area (Å²) in [6.45, 7) is 9.21. The van der Waals surface area contributed by atoms with E-state index >= 15 is 0 Å². The van der Waals surface area contributed by atoms with Crippen molar-refractivity contribution in [1.29, 1.82) is 0 Å². The van der Waals surface area contributed by atoms with Crippen LogP contribution in [0.3, 0.4) is 0 Å². The van der Waals surface area contributed by atoms with Gasteiger partial charge in [-0.25, -0.2) is 13.1 Å². The fourth-order valence-electron chi connectivity index (χ4n) is 1.51. The van der Waals surface area contributed by atoms with Gasteiger partial charge in [-0.1, -0.05) is 6.92 Å². The molecule has 0 radical (unpaired) electrons. The largest absolute Gasteiger partial charge is 0.312 e. The SMILES string of the molecule is CCCNCc1cc(S(=O)(=O)NC(C)(C)C)c(Br)s1. The summed E-state index contributed by atoms with van der Waals surface area (Å²) in [7, 11) is -3.47. The van der Waals surface area contributed by atoms with Gasteiger partial charge in [-0.05, 0) is 55.7 Å². The molecule has 1 aromatic heterocycles. The van der Waals surface area contributed by atoms with Gasteiger partial charge in [0.05, 0.1) is 3.79 Å². The third-order valence-corrected chi connectivity index (χ3v) is 6.17. The first kappa shape index (κ1) is 17.1. The Hall–Kier alpha value is 0.0500. The second kappa shape index (κ2) is 6.67. The smallest absolute Gasteiger partial charge is 0.243 e. The third kappa shape index (κ3) is 5.51. The summed E-state index contributed by atoms with van der Waals surface area (Å²) in [6, 6.07) is 1.73. The Morgan fingerprint density at radius 2 is 2.00 bits per heavy atom. The second-order valence-corrected chi connectivity index (χ2v) is 9.49. The maximum Gasteiger partial charge on any atom is 0.243 e. The zero-order chi connectivity index (χ0) is 14.7. The Morgan fingerprint density at radius 1 is 1.37 bits per heavy atom. The number of rotatable bonds is 6. The molecule has 0 spiro atoms. The summed E-state index contributed by atoms with van der Waals surface area (Å²) < 4.78 is 27.8. The first-order valence-corrected chi connectivity index (χ1v) is 9.28. The lowest BCUT2D eigenvalue weighted by atomic mass is 10.1. The molecule has 2 N–H and O–H groups in total. The Bertz CT molecular complexity index is 518. The quantitative estimate of drug-likeness (QED) is 0.758. The monoisotopic (exact) mass is 368 g/mol. The lowest BCUT2D eigenvalue weighted by Gasteiger charge is -2.19. The Kier molecular flexibility index (Phi) is 6.00. The average molecular weight is 369 g/mol. The van der Waals surface area contributed by atoms with E-state index in [0.29, 0.717) is 15.2 Å². The molecule has 19 heavy (non-hydrogen) atoms. The predicted molar refractivity (Wildman–Crippen MR) is 84.1 cm³/mol. The van der Waals surface area contributed by atoms with E-state index in [-0.39, 0.29) is 0 Å². The van der Waals surface area contributed by atoms with E-state index in [4.69, 9.17) is 0 Å². The highest BCUT2D eigenvalue weighted by atomic mass is 79.9. The highest BCUT2D eigenvalue weighted by molar-refractivity contribution is 9.11. The molecule has 1 rings (SSSR count). The molecule has 0 saturated heterocycles. The summed E-state index contributed by atoms with van der Waals surface area (Å²) in [6.07, 6.45) is 1.06. The van der Waals surface area contributed by atoms with Gasteiger partial charge in [0.1, 0.15) is 4.90 Å². The van der Waals surface area contributed by atoms with Gasteiger partial charge in [-0.15, -0.1) is 11.3 Å². The van der Waals surface area contributed by atoms with E-state index in [1.165, 1.54) is 11.3 Å². The van der Waals surface area contributed by atoms with Gasteiger partial charge in [-0.3, -0.25) is 0 Å². The van der Waals surface area contributed by atoms with Crippen LogP contribution < -0.4 is 10.0 Å². The molecule has 1 aromatic rings. The van der Waals surface area contributed by atoms with Crippen LogP contribution >= 0.6 is 27.3 Å². The van der Waals surface area contributed by atoms with E-state index in [1.54, 1.807) is 6.07 Å². The van der Waals surface area contributed by atoms with Crippen molar-refractivity contribution in [3.8, 4) is 0 Å². The van der Waals surface area contributed by atoms with Crippen molar-refractivity contribution < 1.29 is 8.42 Å². The van der Waals surface area contributed by atoms with Crippen molar-refractivity contribution in [3.05, 3.63) is 14.7 Å². The predicted octanol–water partition coefficient (Wildman–Crippen LogP) is 3.09. The highest BCUT2D eigenvalue weighted by Crippen LogP contribution is 2.32. The number of halogens is 1. The molecule has 0 unspecified atom stereocenters. The third-order valence-electron chi connectivity index (χ3n) is 2.16. The molecule has 0 amide bonds. The normalized spacial score (nSPS) is 12.9. The lowest BCUT2D eigenvalue weighted by molar-refractivity contribution is 0.491. The molecule has 0 atom stereocenters. The second-order valence-electron chi connectivity index (χ2n) is 5.38. The number of thiophene rings is 1. The van der Waals surface area contributed by atoms with Crippen molar-refractivity contribution in [2.24, 2.45) is 0 Å². The van der Waals surface area contributed by atoms with E-state index in [0.717, 1.165) is 17.8 Å². The maximum absolute atomic E-state index is 12.3. The minimum absolute atomic E-state index is 0.320. The summed E-state index contributed by atoms with van der Waals surface area (Å²) in [5.74, 6) is 0. The molecule has 0 saturated carbocycles. The van der Waals surface area contributed by atoms with Gasteiger partial charge in [0.15, 0.2) is 0 Å². The standard InChI is InChI=1S/C12H21BrN2O2S2/c1-5-6-14-8-9-7-10(11(13)18-9)19(16,17)15-12(2,3)4/h7,14-15H,5-6,8H2,1-4H3. The van der Waals surface area contributed by atoms with Crippen LogP contribution in [0, 0.1) is 0 Å². The lowest BCUT2D eigenvalue weighted by Crippen LogP contribution is -2.40. The first-order valence-electron chi connectivity index (χ1n) is 6.18. The molecule has 0 aliphatic heterocycles. The highest BCUT2D eigenvalue weighted by Gasteiger charge is 2.25. The molecular weight excluding hydrogens is 348 g/mol. The Labute approximate surface area is 128 Å². The molecule has 4 nitrogen and oxygen atoms in total. The zero-order valence-electron chi connectivity index (χ0n) is 11.7. The zero-order valence-corrected chi connectivity index (χ0v) is 14.9. The van der Waals surface area contributed by atoms with Crippen LogP contribution in [0.2, 0.25) is 0 Å². The van der Waals surface area contributed by atoms with Gasteiger partial charge in [0.25, 0.3) is 0 Å². The number of sulfonamides is 1. The molecular formula is C12H21BrN2O2S2. The molecule has 110 valence electrons. The van der Waals surface area contributed by atoms with Gasteiger partial charge >= 0.3 is 0 Å². The van der Waals surface area contributed by atoms with Crippen LogP contribution in [0.5, 0.6) is 0 Å². The topological polar surface area (TPSA) is 58.2 Å². The van der Waals surface area contributed by atoms with Crippen LogP contribution in [0.4, 0.5) is 0 Å². The first-order chi connectivity index (χ1) is 8.65. The molecule has 0 aliphatic carbocycles. The Morgan fingerprint density at radius 3 is 2.53 bits per heavy atom. The van der Waals surface area contributed by atoms with Crippen LogP contribution in [0.1, 0.15) is 39.0 Å². The summed E-state index contributed by atoms with van der Waals surface area (Å²) in [4.78, 5) is 1.33. The molecule has 0 aromatic carbocycles. The van der Waals surface area contributed by atoms with E-state index < -0.39 is 15.6 Å². The molecule has 0 fully saturated rings. The number of hydrogen-bond donors (Lipinski definition) is 2. The van der Waals surface area contributed by atoms with E-state index in [2.05, 4.69) is 32.9 Å². The summed E-state index contributed by atoms with van der Waals surface area (Å²) in [5.41, 5.74) is -0.485. The number of hydrogen-bond acceptors (Lipinski definition) is 4. The van der Waals surface area contributed by atoms with Crippen molar-refractivity contribution in [2.75, 3.05) is 6.54 Å². The van der Waals surface area contributed by atoms with Crippen molar-refractivity contribution in [3.63, 3.8) is 0 Å². The van der Waals surface area contributed by atoms with Gasteiger partial charge < -0.3 is 5.32 Å². The van der Waals surface area contributed by atoms with Crippen molar-refractivity contribution in [2.45, 2.75) is 51.1 Å². The fourth-order valence-corrected chi connectivity index (χ4v) is 5.59. The van der Waals surface area contributed by atoms with Crippen LogP contribution in [0.15, 0.2) is 14.7 Å². The summed E-state index contributed by atoms with van der Waals surface area (Å²) >= 11 is 4.79. The van der Waals surface area contributed by atoms with Crippen molar-refractivity contribution >= 4 is 37.3 Å². The number of nitrogens with one attached hydrogen (secondary N) is 2. The average Bonchev–Trinajstić information content (AvgIpc) is 2.57. The van der Waals surface area contributed by atoms with Gasteiger partial charge in [-0.2, -0.15) is 0 Å². The molecule has 7 heteroatoms. The minimum Gasteiger partial charge on any atom is -0.312 e. The summed E-state index contributed by atoms with van der Waals surface area (Å²) in [5, 5.41) is 3.27.